The number of aryl methyl sites for hydroxylation is 1. The summed E-state index contributed by atoms with van der Waals surface area (Å²) < 4.78 is 18.1. The Morgan fingerprint density at radius 1 is 1.00 bits per heavy atom. The third-order valence-electron chi connectivity index (χ3n) is 4.85. The number of rotatable bonds is 11. The first kappa shape index (κ1) is 25.4. The summed E-state index contributed by atoms with van der Waals surface area (Å²) in [6.45, 7) is 5.78. The number of aliphatic hydroxyl groups excluding tert-OH is 1. The van der Waals surface area contributed by atoms with Crippen molar-refractivity contribution >= 4 is 21.9 Å². The minimum atomic E-state index is -0.600. The van der Waals surface area contributed by atoms with Crippen LogP contribution in [0.1, 0.15) is 44.7 Å². The average molecular weight is 493 g/mol. The molecule has 0 fully saturated rings. The number of aliphatic hydroxyl groups is 1. The molecule has 2 aromatic carbocycles. The van der Waals surface area contributed by atoms with Crippen LogP contribution in [0.15, 0.2) is 53.0 Å². The highest BCUT2D eigenvalue weighted by Gasteiger charge is 2.32. The standard InChI is InChI=1S/C25H33BrO5/c1-25(2,3)31-24(28)22(15-16-27)23(14-9-18-5-10-20(26)11-6-18)30-17-19-7-12-21(29-4)13-8-19/h5-8,10-13,22-23,27H,9,14-17H2,1-4H3. The summed E-state index contributed by atoms with van der Waals surface area (Å²) >= 11 is 3.45. The lowest BCUT2D eigenvalue weighted by atomic mass is 9.93. The van der Waals surface area contributed by atoms with Gasteiger partial charge in [-0.05, 0) is 75.4 Å². The van der Waals surface area contributed by atoms with Gasteiger partial charge in [0.1, 0.15) is 11.4 Å². The van der Waals surface area contributed by atoms with Gasteiger partial charge >= 0.3 is 5.97 Å². The van der Waals surface area contributed by atoms with Crippen molar-refractivity contribution in [2.24, 2.45) is 5.92 Å². The third-order valence-corrected chi connectivity index (χ3v) is 5.38. The average Bonchev–Trinajstić information content (AvgIpc) is 2.73. The Labute approximate surface area is 193 Å². The van der Waals surface area contributed by atoms with Gasteiger partial charge < -0.3 is 19.3 Å². The number of esters is 1. The van der Waals surface area contributed by atoms with Gasteiger partial charge in [0.15, 0.2) is 0 Å². The lowest BCUT2D eigenvalue weighted by Gasteiger charge is -2.29. The molecular weight excluding hydrogens is 460 g/mol. The van der Waals surface area contributed by atoms with Crippen molar-refractivity contribution in [1.29, 1.82) is 0 Å². The predicted molar refractivity (Wildman–Crippen MR) is 125 cm³/mol. The van der Waals surface area contributed by atoms with E-state index in [0.717, 1.165) is 27.8 Å². The van der Waals surface area contributed by atoms with Crippen molar-refractivity contribution in [1.82, 2.24) is 0 Å². The number of hydrogen-bond acceptors (Lipinski definition) is 5. The Balaban J connectivity index is 2.15. The van der Waals surface area contributed by atoms with Crippen LogP contribution in [0.25, 0.3) is 0 Å². The topological polar surface area (TPSA) is 65.0 Å². The van der Waals surface area contributed by atoms with E-state index in [-0.39, 0.29) is 18.7 Å². The number of ether oxygens (including phenoxy) is 3. The molecule has 31 heavy (non-hydrogen) atoms. The summed E-state index contributed by atoms with van der Waals surface area (Å²) in [6, 6.07) is 15.8. The molecule has 0 saturated heterocycles. The predicted octanol–water partition coefficient (Wildman–Crippen LogP) is 5.32. The second kappa shape index (κ2) is 12.2. The van der Waals surface area contributed by atoms with Crippen LogP contribution in [0.4, 0.5) is 0 Å². The molecule has 2 unspecified atom stereocenters. The van der Waals surface area contributed by atoms with E-state index in [4.69, 9.17) is 14.2 Å². The van der Waals surface area contributed by atoms with E-state index in [1.165, 1.54) is 0 Å². The molecule has 2 atom stereocenters. The van der Waals surface area contributed by atoms with Gasteiger partial charge in [-0.3, -0.25) is 4.79 Å². The lowest BCUT2D eigenvalue weighted by molar-refractivity contribution is -0.167. The maximum atomic E-state index is 12.9. The highest BCUT2D eigenvalue weighted by Crippen LogP contribution is 2.24. The Morgan fingerprint density at radius 3 is 2.16 bits per heavy atom. The Bertz CT molecular complexity index is 796. The molecule has 0 saturated carbocycles. The molecule has 0 amide bonds. The van der Waals surface area contributed by atoms with Crippen LogP contribution in [0, 0.1) is 5.92 Å². The molecule has 0 aliphatic heterocycles. The minimum absolute atomic E-state index is 0.107. The molecule has 0 aliphatic rings. The van der Waals surface area contributed by atoms with Crippen LogP contribution in [0.2, 0.25) is 0 Å². The number of carbonyl (C=O) groups is 1. The van der Waals surface area contributed by atoms with Crippen LogP contribution in [0.3, 0.4) is 0 Å². The minimum Gasteiger partial charge on any atom is -0.497 e. The van der Waals surface area contributed by atoms with Gasteiger partial charge in [-0.2, -0.15) is 0 Å². The summed E-state index contributed by atoms with van der Waals surface area (Å²) in [7, 11) is 1.63. The Hall–Kier alpha value is -1.89. The van der Waals surface area contributed by atoms with Gasteiger partial charge in [-0.1, -0.05) is 40.2 Å². The fourth-order valence-electron chi connectivity index (χ4n) is 3.26. The summed E-state index contributed by atoms with van der Waals surface area (Å²) in [4.78, 5) is 12.9. The second-order valence-electron chi connectivity index (χ2n) is 8.51. The highest BCUT2D eigenvalue weighted by atomic mass is 79.9. The van der Waals surface area contributed by atoms with Gasteiger partial charge in [0.05, 0.1) is 25.7 Å². The quantitative estimate of drug-likeness (QED) is 0.430. The van der Waals surface area contributed by atoms with Crippen molar-refractivity contribution in [2.75, 3.05) is 13.7 Å². The molecule has 0 aliphatic carbocycles. The number of carbonyl (C=O) groups excluding carboxylic acids is 1. The van der Waals surface area contributed by atoms with Crippen molar-refractivity contribution in [3.63, 3.8) is 0 Å². The van der Waals surface area contributed by atoms with E-state index in [1.54, 1.807) is 7.11 Å². The molecule has 0 radical (unpaired) electrons. The van der Waals surface area contributed by atoms with E-state index in [0.29, 0.717) is 19.4 Å². The van der Waals surface area contributed by atoms with Gasteiger partial charge in [-0.15, -0.1) is 0 Å². The van der Waals surface area contributed by atoms with Crippen molar-refractivity contribution < 1.29 is 24.1 Å². The van der Waals surface area contributed by atoms with E-state index < -0.39 is 11.5 Å². The first-order valence-electron chi connectivity index (χ1n) is 10.5. The normalized spacial score (nSPS) is 13.5. The zero-order valence-corrected chi connectivity index (χ0v) is 20.4. The van der Waals surface area contributed by atoms with Crippen molar-refractivity contribution in [3.8, 4) is 5.75 Å². The monoisotopic (exact) mass is 492 g/mol. The zero-order chi connectivity index (χ0) is 22.9. The SMILES string of the molecule is COc1ccc(COC(CCc2ccc(Br)cc2)C(CCO)C(=O)OC(C)(C)C)cc1. The van der Waals surface area contributed by atoms with Crippen LogP contribution < -0.4 is 4.74 Å². The van der Waals surface area contributed by atoms with Crippen LogP contribution in [-0.4, -0.2) is 36.5 Å². The van der Waals surface area contributed by atoms with E-state index in [2.05, 4.69) is 28.1 Å². The summed E-state index contributed by atoms with van der Waals surface area (Å²) in [5.74, 6) is -0.0996. The maximum absolute atomic E-state index is 12.9. The van der Waals surface area contributed by atoms with E-state index >= 15 is 0 Å². The number of halogens is 1. The van der Waals surface area contributed by atoms with E-state index in [9.17, 15) is 9.90 Å². The molecule has 5 nitrogen and oxygen atoms in total. The fraction of sp³-hybridized carbons (Fsp3) is 0.480. The van der Waals surface area contributed by atoms with Gasteiger partial charge in [0, 0.05) is 11.1 Å². The first-order chi connectivity index (χ1) is 14.7. The second-order valence-corrected chi connectivity index (χ2v) is 9.43. The van der Waals surface area contributed by atoms with Gasteiger partial charge in [0.25, 0.3) is 0 Å². The van der Waals surface area contributed by atoms with Gasteiger partial charge in [-0.25, -0.2) is 0 Å². The molecule has 0 aromatic heterocycles. The van der Waals surface area contributed by atoms with Crippen LogP contribution >= 0.6 is 15.9 Å². The number of benzene rings is 2. The molecule has 2 rings (SSSR count). The maximum Gasteiger partial charge on any atom is 0.312 e. The van der Waals surface area contributed by atoms with Crippen LogP contribution in [-0.2, 0) is 27.3 Å². The molecule has 6 heteroatoms. The van der Waals surface area contributed by atoms with Crippen molar-refractivity contribution in [2.45, 2.75) is 58.3 Å². The third kappa shape index (κ3) is 9.01. The molecule has 0 spiro atoms. The number of hydrogen-bond donors (Lipinski definition) is 1. The zero-order valence-electron chi connectivity index (χ0n) is 18.8. The van der Waals surface area contributed by atoms with Crippen molar-refractivity contribution in [3.05, 3.63) is 64.1 Å². The summed E-state index contributed by atoms with van der Waals surface area (Å²) in [6.07, 6.45) is 1.31. The number of methoxy groups -OCH3 is 1. The smallest absolute Gasteiger partial charge is 0.312 e. The molecule has 1 N–H and O–H groups in total. The molecule has 0 bridgehead atoms. The molecule has 170 valence electrons. The largest absolute Gasteiger partial charge is 0.497 e. The first-order valence-corrected chi connectivity index (χ1v) is 11.3. The highest BCUT2D eigenvalue weighted by molar-refractivity contribution is 9.10. The van der Waals surface area contributed by atoms with E-state index in [1.807, 2.05) is 57.2 Å². The molecule has 2 aromatic rings. The molecule has 0 heterocycles. The fourth-order valence-corrected chi connectivity index (χ4v) is 3.52. The summed E-state index contributed by atoms with van der Waals surface area (Å²) in [5.41, 5.74) is 1.55. The van der Waals surface area contributed by atoms with Crippen LogP contribution in [0.5, 0.6) is 5.75 Å². The lowest BCUT2D eigenvalue weighted by Crippen LogP contribution is -2.37. The Morgan fingerprint density at radius 2 is 1.61 bits per heavy atom. The molecular formula is C25H33BrO5. The summed E-state index contributed by atoms with van der Waals surface area (Å²) in [5, 5.41) is 9.61. The van der Waals surface area contributed by atoms with Gasteiger partial charge in [0.2, 0.25) is 0 Å². The Kier molecular flexibility index (Phi) is 10.0.